The van der Waals surface area contributed by atoms with Gasteiger partial charge in [-0.3, -0.25) is 5.41 Å². The first-order valence-electron chi connectivity index (χ1n) is 3.47. The molecule has 2 nitrogen and oxygen atoms in total. The van der Waals surface area contributed by atoms with E-state index in [1.54, 1.807) is 24.3 Å². The predicted octanol–water partition coefficient (Wildman–Crippen LogP) is 1.64. The molecule has 0 amide bonds. The molecule has 0 saturated carbocycles. The van der Waals surface area contributed by atoms with E-state index in [1.165, 1.54) is 7.11 Å². The molecule has 0 aliphatic rings. The second-order valence-corrected chi connectivity index (χ2v) is 2.25. The molecule has 0 unspecified atom stereocenters. The average Bonchev–Trinajstić information content (AvgIpc) is 2.17. The molecule has 0 radical (unpaired) electrons. The van der Waals surface area contributed by atoms with Crippen LogP contribution in [0.15, 0.2) is 24.3 Å². The fraction of sp³-hybridized carbons (Fsp3) is 0.100. The zero-order chi connectivity index (χ0) is 8.97. The molecule has 1 aromatic carbocycles. The lowest BCUT2D eigenvalue weighted by atomic mass is 10.1. The summed E-state index contributed by atoms with van der Waals surface area (Å²) in [5.74, 6) is 2.65. The summed E-state index contributed by atoms with van der Waals surface area (Å²) in [6.45, 7) is 0. The van der Waals surface area contributed by atoms with Gasteiger partial charge in [-0.1, -0.05) is 5.92 Å². The maximum Gasteiger partial charge on any atom is 0.212 e. The van der Waals surface area contributed by atoms with Crippen LogP contribution in [0, 0.1) is 17.8 Å². The van der Waals surface area contributed by atoms with Crippen LogP contribution in [0.3, 0.4) is 0 Å². The molecule has 0 saturated heterocycles. The maximum absolute atomic E-state index is 7.33. The van der Waals surface area contributed by atoms with E-state index in [0.29, 0.717) is 0 Å². The summed E-state index contributed by atoms with van der Waals surface area (Å²) in [6, 6.07) is 7.09. The highest BCUT2D eigenvalue weighted by Crippen LogP contribution is 2.03. The maximum atomic E-state index is 7.33. The fourth-order valence-corrected chi connectivity index (χ4v) is 0.836. The minimum Gasteiger partial charge on any atom is -0.481 e. The van der Waals surface area contributed by atoms with Crippen molar-refractivity contribution < 1.29 is 4.74 Å². The van der Waals surface area contributed by atoms with Gasteiger partial charge in [-0.15, -0.1) is 6.42 Å². The number of hydrogen-bond donors (Lipinski definition) is 1. The van der Waals surface area contributed by atoms with Gasteiger partial charge in [0.2, 0.25) is 5.90 Å². The summed E-state index contributed by atoms with van der Waals surface area (Å²) in [6.07, 6.45) is 5.17. The smallest absolute Gasteiger partial charge is 0.212 e. The minimum atomic E-state index is 0.151. The van der Waals surface area contributed by atoms with Crippen molar-refractivity contribution >= 4 is 5.90 Å². The normalized spacial score (nSPS) is 8.67. The first kappa shape index (κ1) is 8.35. The van der Waals surface area contributed by atoms with E-state index in [0.717, 1.165) is 11.1 Å². The van der Waals surface area contributed by atoms with E-state index in [-0.39, 0.29) is 5.90 Å². The summed E-state index contributed by atoms with van der Waals surface area (Å²) in [7, 11) is 1.47. The van der Waals surface area contributed by atoms with E-state index >= 15 is 0 Å². The van der Waals surface area contributed by atoms with Crippen molar-refractivity contribution in [2.75, 3.05) is 7.11 Å². The van der Waals surface area contributed by atoms with E-state index in [9.17, 15) is 0 Å². The van der Waals surface area contributed by atoms with Gasteiger partial charge in [-0.05, 0) is 24.3 Å². The third-order valence-corrected chi connectivity index (χ3v) is 1.52. The van der Waals surface area contributed by atoms with Gasteiger partial charge in [-0.25, -0.2) is 0 Å². The first-order valence-corrected chi connectivity index (χ1v) is 3.47. The number of hydrogen-bond acceptors (Lipinski definition) is 2. The third-order valence-electron chi connectivity index (χ3n) is 1.52. The lowest BCUT2D eigenvalue weighted by molar-refractivity contribution is 0.401. The largest absolute Gasteiger partial charge is 0.481 e. The Balaban J connectivity index is 2.94. The van der Waals surface area contributed by atoms with Gasteiger partial charge >= 0.3 is 0 Å². The number of nitrogens with one attached hydrogen (secondary N) is 1. The molecule has 60 valence electrons. The van der Waals surface area contributed by atoms with Crippen molar-refractivity contribution in [3.05, 3.63) is 35.4 Å². The summed E-state index contributed by atoms with van der Waals surface area (Å²) in [5, 5.41) is 7.33. The van der Waals surface area contributed by atoms with Crippen LogP contribution in [-0.2, 0) is 4.74 Å². The Labute approximate surface area is 71.7 Å². The summed E-state index contributed by atoms with van der Waals surface area (Å²) in [4.78, 5) is 0. The first-order chi connectivity index (χ1) is 5.77. The molecule has 1 rings (SSSR count). The van der Waals surface area contributed by atoms with E-state index in [1.807, 2.05) is 0 Å². The van der Waals surface area contributed by atoms with Crippen LogP contribution in [0.2, 0.25) is 0 Å². The zero-order valence-electron chi connectivity index (χ0n) is 6.79. The number of ether oxygens (including phenoxy) is 1. The quantitative estimate of drug-likeness (QED) is 0.377. The van der Waals surface area contributed by atoms with Crippen molar-refractivity contribution in [2.45, 2.75) is 0 Å². The Morgan fingerprint density at radius 3 is 2.42 bits per heavy atom. The van der Waals surface area contributed by atoms with Crippen molar-refractivity contribution in [1.82, 2.24) is 0 Å². The van der Waals surface area contributed by atoms with E-state index < -0.39 is 0 Å². The molecule has 0 bridgehead atoms. The summed E-state index contributed by atoms with van der Waals surface area (Å²) < 4.78 is 4.74. The molecule has 0 atom stereocenters. The molecular formula is C10H9NO. The molecule has 0 aliphatic heterocycles. The van der Waals surface area contributed by atoms with Crippen LogP contribution in [0.1, 0.15) is 11.1 Å². The molecule has 1 aromatic rings. The molecule has 2 heteroatoms. The topological polar surface area (TPSA) is 33.1 Å². The Kier molecular flexibility index (Phi) is 2.49. The SMILES string of the molecule is C#Cc1ccc(C(=N)OC)cc1. The monoisotopic (exact) mass is 159 g/mol. The molecule has 12 heavy (non-hydrogen) atoms. The van der Waals surface area contributed by atoms with Crippen molar-refractivity contribution in [2.24, 2.45) is 0 Å². The van der Waals surface area contributed by atoms with Gasteiger partial charge < -0.3 is 4.74 Å². The minimum absolute atomic E-state index is 0.151. The Morgan fingerprint density at radius 2 is 2.00 bits per heavy atom. The van der Waals surface area contributed by atoms with Crippen LogP contribution in [-0.4, -0.2) is 13.0 Å². The lowest BCUT2D eigenvalue weighted by Gasteiger charge is -2.00. The molecular weight excluding hydrogens is 150 g/mol. The zero-order valence-corrected chi connectivity index (χ0v) is 6.79. The van der Waals surface area contributed by atoms with Gasteiger partial charge in [0.05, 0.1) is 7.11 Å². The molecule has 0 spiro atoms. The van der Waals surface area contributed by atoms with Crippen LogP contribution in [0.25, 0.3) is 0 Å². The van der Waals surface area contributed by atoms with Gasteiger partial charge in [0.25, 0.3) is 0 Å². The second-order valence-electron chi connectivity index (χ2n) is 2.25. The number of rotatable bonds is 1. The Morgan fingerprint density at radius 1 is 1.42 bits per heavy atom. The number of benzene rings is 1. The molecule has 0 fully saturated rings. The second kappa shape index (κ2) is 3.59. The van der Waals surface area contributed by atoms with E-state index in [2.05, 4.69) is 5.92 Å². The van der Waals surface area contributed by atoms with E-state index in [4.69, 9.17) is 16.6 Å². The Bertz CT molecular complexity index is 319. The van der Waals surface area contributed by atoms with Crippen molar-refractivity contribution in [3.8, 4) is 12.3 Å². The average molecular weight is 159 g/mol. The van der Waals surface area contributed by atoms with Gasteiger partial charge in [0.15, 0.2) is 0 Å². The molecule has 0 aliphatic carbocycles. The predicted molar refractivity (Wildman–Crippen MR) is 48.2 cm³/mol. The lowest BCUT2D eigenvalue weighted by Crippen LogP contribution is -2.00. The Hall–Kier alpha value is -1.75. The molecule has 0 heterocycles. The summed E-state index contributed by atoms with van der Waals surface area (Å²) in [5.41, 5.74) is 1.54. The number of methoxy groups -OCH3 is 1. The summed E-state index contributed by atoms with van der Waals surface area (Å²) >= 11 is 0. The van der Waals surface area contributed by atoms with Crippen molar-refractivity contribution in [3.63, 3.8) is 0 Å². The highest BCUT2D eigenvalue weighted by molar-refractivity contribution is 5.91. The van der Waals surface area contributed by atoms with Crippen molar-refractivity contribution in [1.29, 1.82) is 5.41 Å². The van der Waals surface area contributed by atoms with Gasteiger partial charge in [-0.2, -0.15) is 0 Å². The van der Waals surface area contributed by atoms with Crippen LogP contribution in [0.5, 0.6) is 0 Å². The van der Waals surface area contributed by atoms with Crippen LogP contribution >= 0.6 is 0 Å². The van der Waals surface area contributed by atoms with Gasteiger partial charge in [0.1, 0.15) is 0 Å². The van der Waals surface area contributed by atoms with Crippen LogP contribution in [0.4, 0.5) is 0 Å². The molecule has 0 aromatic heterocycles. The third kappa shape index (κ3) is 1.64. The van der Waals surface area contributed by atoms with Gasteiger partial charge in [0, 0.05) is 11.1 Å². The number of terminal acetylenes is 1. The fourth-order valence-electron chi connectivity index (χ4n) is 0.836. The molecule has 1 N–H and O–H groups in total. The van der Waals surface area contributed by atoms with Crippen LogP contribution < -0.4 is 0 Å². The standard InChI is InChI=1S/C10H9NO/c1-3-8-4-6-9(7-5-8)10(11)12-2/h1,4-7,11H,2H3. The highest BCUT2D eigenvalue weighted by atomic mass is 16.5. The highest BCUT2D eigenvalue weighted by Gasteiger charge is 1.98.